The van der Waals surface area contributed by atoms with Crippen LogP contribution < -0.4 is 4.31 Å². The van der Waals surface area contributed by atoms with E-state index in [1.54, 1.807) is 47.8 Å². The van der Waals surface area contributed by atoms with Crippen LogP contribution in [-0.4, -0.2) is 27.0 Å². The van der Waals surface area contributed by atoms with Crippen LogP contribution in [-0.2, 0) is 10.0 Å². The molecule has 0 amide bonds. The number of anilines is 1. The molecule has 146 valence electrons. The zero-order valence-corrected chi connectivity index (χ0v) is 18.2. The summed E-state index contributed by atoms with van der Waals surface area (Å²) >= 11 is 3.25. The van der Waals surface area contributed by atoms with E-state index in [1.165, 1.54) is 4.31 Å². The van der Waals surface area contributed by atoms with E-state index >= 15 is 0 Å². The highest BCUT2D eigenvalue weighted by atomic mass is 32.2. The van der Waals surface area contributed by atoms with Crippen LogP contribution in [0.4, 0.5) is 5.69 Å². The molecule has 3 aromatic rings. The Balaban J connectivity index is 1.75. The van der Waals surface area contributed by atoms with Crippen molar-refractivity contribution in [1.82, 2.24) is 0 Å². The quantitative estimate of drug-likeness (QED) is 0.521. The van der Waals surface area contributed by atoms with Gasteiger partial charge in [-0.25, -0.2) is 8.42 Å². The van der Waals surface area contributed by atoms with Gasteiger partial charge in [-0.3, -0.25) is 4.31 Å². The fraction of sp³-hybridized carbons (Fsp3) is 0.136. The Kier molecular flexibility index (Phi) is 5.59. The minimum Gasteiger partial charge on any atom is -0.264 e. The molecule has 1 aliphatic heterocycles. The molecule has 0 N–H and O–H groups in total. The van der Waals surface area contributed by atoms with Gasteiger partial charge in [0.05, 0.1) is 22.2 Å². The third-order valence-electron chi connectivity index (χ3n) is 4.77. The Morgan fingerprint density at radius 3 is 2.34 bits per heavy atom. The molecule has 1 heterocycles. The van der Waals surface area contributed by atoms with E-state index in [2.05, 4.69) is 6.07 Å². The van der Waals surface area contributed by atoms with Crippen molar-refractivity contribution in [3.63, 3.8) is 0 Å². The van der Waals surface area contributed by atoms with Gasteiger partial charge in [-0.05, 0) is 65.9 Å². The third-order valence-corrected chi connectivity index (χ3v) is 8.39. The molecule has 7 heteroatoms. The van der Waals surface area contributed by atoms with Gasteiger partial charge in [-0.1, -0.05) is 18.2 Å². The van der Waals surface area contributed by atoms with Crippen molar-refractivity contribution >= 4 is 39.2 Å². The first-order valence-corrected chi connectivity index (χ1v) is 12.6. The van der Waals surface area contributed by atoms with Crippen LogP contribution >= 0.6 is 23.5 Å². The Bertz CT molecular complexity index is 1180. The Morgan fingerprint density at radius 2 is 1.69 bits per heavy atom. The van der Waals surface area contributed by atoms with Crippen LogP contribution in [0.15, 0.2) is 81.4 Å². The molecular formula is C22H18N2O2S3. The highest BCUT2D eigenvalue weighted by Gasteiger charge is 2.29. The maximum absolute atomic E-state index is 13.4. The fourth-order valence-corrected chi connectivity index (χ4v) is 6.27. The fourth-order valence-electron chi connectivity index (χ4n) is 3.23. The van der Waals surface area contributed by atoms with Crippen LogP contribution in [0.3, 0.4) is 0 Å². The number of benzene rings is 3. The van der Waals surface area contributed by atoms with Crippen LogP contribution in [0.5, 0.6) is 0 Å². The molecule has 0 atom stereocenters. The monoisotopic (exact) mass is 438 g/mol. The number of nitrogens with zero attached hydrogens (tertiary/aromatic N) is 2. The minimum atomic E-state index is -3.64. The number of fused-ring (bicyclic) bond motifs is 1. The molecular weight excluding hydrogens is 420 g/mol. The first kappa shape index (κ1) is 19.9. The van der Waals surface area contributed by atoms with Crippen molar-refractivity contribution in [2.45, 2.75) is 14.7 Å². The third kappa shape index (κ3) is 3.88. The van der Waals surface area contributed by atoms with Crippen LogP contribution in [0.25, 0.3) is 11.1 Å². The van der Waals surface area contributed by atoms with Crippen molar-refractivity contribution in [2.24, 2.45) is 0 Å². The average molecular weight is 439 g/mol. The highest BCUT2D eigenvalue weighted by molar-refractivity contribution is 8.00. The minimum absolute atomic E-state index is 0.303. The van der Waals surface area contributed by atoms with E-state index in [-0.39, 0.29) is 0 Å². The Labute approximate surface area is 179 Å². The van der Waals surface area contributed by atoms with E-state index in [1.807, 2.05) is 48.7 Å². The SMILES string of the molecule is CSc1ccc(S(=O)(=O)N2CCSc3ccc(-c4ccc(C#N)cc4)cc32)cc1. The number of sulfonamides is 1. The first-order valence-electron chi connectivity index (χ1n) is 8.97. The lowest BCUT2D eigenvalue weighted by molar-refractivity contribution is 0.591. The molecule has 0 saturated carbocycles. The van der Waals surface area contributed by atoms with Crippen LogP contribution in [0, 0.1) is 11.3 Å². The van der Waals surface area contributed by atoms with E-state index < -0.39 is 10.0 Å². The van der Waals surface area contributed by atoms with E-state index in [4.69, 9.17) is 5.26 Å². The zero-order valence-electron chi connectivity index (χ0n) is 15.7. The second-order valence-corrected chi connectivity index (χ2v) is 10.4. The normalized spacial score (nSPS) is 13.6. The first-order chi connectivity index (χ1) is 14.0. The Hall–Kier alpha value is -2.40. The second kappa shape index (κ2) is 8.15. The summed E-state index contributed by atoms with van der Waals surface area (Å²) in [4.78, 5) is 2.29. The van der Waals surface area contributed by atoms with Crippen molar-refractivity contribution in [3.8, 4) is 17.2 Å². The summed E-state index contributed by atoms with van der Waals surface area (Å²) in [5.74, 6) is 0.714. The standard InChI is InChI=1S/C22H18N2O2S3/c1-27-19-7-9-20(10-8-19)29(25,26)24-12-13-28-22-11-6-18(14-21(22)24)17-4-2-16(15-23)3-5-17/h2-11,14H,12-13H2,1H3. The van der Waals surface area contributed by atoms with Gasteiger partial charge in [0.15, 0.2) is 0 Å². The van der Waals surface area contributed by atoms with Crippen molar-refractivity contribution in [3.05, 3.63) is 72.3 Å². The molecule has 0 fully saturated rings. The van der Waals surface area contributed by atoms with Crippen molar-refractivity contribution in [1.29, 1.82) is 5.26 Å². The summed E-state index contributed by atoms with van der Waals surface area (Å²) < 4.78 is 28.2. The van der Waals surface area contributed by atoms with Gasteiger partial charge in [0.25, 0.3) is 10.0 Å². The molecule has 1 aliphatic rings. The smallest absolute Gasteiger partial charge is 0.264 e. The molecule has 0 unspecified atom stereocenters. The maximum Gasteiger partial charge on any atom is 0.264 e. The number of nitriles is 1. The predicted octanol–water partition coefficient (Wildman–Crippen LogP) is 5.25. The number of rotatable bonds is 4. The number of hydrogen-bond donors (Lipinski definition) is 0. The van der Waals surface area contributed by atoms with Gasteiger partial charge in [-0.15, -0.1) is 23.5 Å². The molecule has 0 spiro atoms. The number of thioether (sulfide) groups is 2. The van der Waals surface area contributed by atoms with Crippen molar-refractivity contribution < 1.29 is 8.42 Å². The zero-order chi connectivity index (χ0) is 20.4. The predicted molar refractivity (Wildman–Crippen MR) is 120 cm³/mol. The van der Waals surface area contributed by atoms with E-state index in [0.29, 0.717) is 28.4 Å². The molecule has 29 heavy (non-hydrogen) atoms. The number of hydrogen-bond acceptors (Lipinski definition) is 5. The van der Waals surface area contributed by atoms with Gasteiger partial charge in [0.2, 0.25) is 0 Å². The topological polar surface area (TPSA) is 61.2 Å². The van der Waals surface area contributed by atoms with E-state index in [0.717, 1.165) is 20.9 Å². The molecule has 3 aromatic carbocycles. The lowest BCUT2D eigenvalue weighted by Crippen LogP contribution is -2.35. The van der Waals surface area contributed by atoms with Gasteiger partial charge < -0.3 is 0 Å². The van der Waals surface area contributed by atoms with Gasteiger partial charge in [-0.2, -0.15) is 5.26 Å². The van der Waals surface area contributed by atoms with Crippen LogP contribution in [0.2, 0.25) is 0 Å². The summed E-state index contributed by atoms with van der Waals surface area (Å²) in [5.41, 5.74) is 3.18. The molecule has 4 rings (SSSR count). The maximum atomic E-state index is 13.4. The average Bonchev–Trinajstić information content (AvgIpc) is 2.78. The van der Waals surface area contributed by atoms with Gasteiger partial charge in [0.1, 0.15) is 0 Å². The highest BCUT2D eigenvalue weighted by Crippen LogP contribution is 2.40. The summed E-state index contributed by atoms with van der Waals surface area (Å²) in [7, 11) is -3.64. The molecule has 4 nitrogen and oxygen atoms in total. The molecule has 0 bridgehead atoms. The summed E-state index contributed by atoms with van der Waals surface area (Å²) in [6.07, 6.45) is 1.96. The van der Waals surface area contributed by atoms with Gasteiger partial charge >= 0.3 is 0 Å². The van der Waals surface area contributed by atoms with Gasteiger partial charge in [0, 0.05) is 22.1 Å². The molecule has 0 radical (unpaired) electrons. The van der Waals surface area contributed by atoms with E-state index in [9.17, 15) is 8.42 Å². The molecule has 0 aliphatic carbocycles. The lowest BCUT2D eigenvalue weighted by Gasteiger charge is -2.30. The summed E-state index contributed by atoms with van der Waals surface area (Å²) in [5, 5.41) is 9.00. The summed E-state index contributed by atoms with van der Waals surface area (Å²) in [6, 6.07) is 22.3. The molecule has 0 aromatic heterocycles. The summed E-state index contributed by atoms with van der Waals surface area (Å²) in [6.45, 7) is 0.432. The lowest BCUT2D eigenvalue weighted by atomic mass is 10.0. The van der Waals surface area contributed by atoms with Crippen LogP contribution in [0.1, 0.15) is 5.56 Å². The Morgan fingerprint density at radius 1 is 1.00 bits per heavy atom. The largest absolute Gasteiger partial charge is 0.264 e. The molecule has 0 saturated heterocycles. The van der Waals surface area contributed by atoms with Crippen molar-refractivity contribution in [2.75, 3.05) is 22.9 Å². The second-order valence-electron chi connectivity index (χ2n) is 6.47.